The van der Waals surface area contributed by atoms with Crippen LogP contribution in [0, 0.1) is 0 Å². The second-order valence-corrected chi connectivity index (χ2v) is 17.7. The van der Waals surface area contributed by atoms with Crippen molar-refractivity contribution < 1.29 is 0 Å². The van der Waals surface area contributed by atoms with Crippen molar-refractivity contribution in [2.24, 2.45) is 0 Å². The van der Waals surface area contributed by atoms with E-state index in [1.165, 1.54) is 66.0 Å². The molecule has 64 heavy (non-hydrogen) atoms. The monoisotopic (exact) mass is 820 g/mol. The van der Waals surface area contributed by atoms with Gasteiger partial charge in [-0.2, -0.15) is 0 Å². The zero-order valence-corrected chi connectivity index (χ0v) is 36.4. The van der Waals surface area contributed by atoms with Crippen molar-refractivity contribution in [2.45, 2.75) is 26.2 Å². The molecular weight excluding hydrogens is 773 g/mol. The number of rotatable bonds is 8. The molecule has 2 nitrogen and oxygen atoms in total. The Labute approximate surface area is 376 Å². The third kappa shape index (κ3) is 6.85. The highest BCUT2D eigenvalue weighted by atomic mass is 15.1. The Kier molecular flexibility index (Phi) is 9.78. The van der Waals surface area contributed by atoms with Crippen molar-refractivity contribution in [3.8, 4) is 50.2 Å². The molecular formula is C62H48N2. The van der Waals surface area contributed by atoms with E-state index in [2.05, 4.69) is 267 Å². The number of para-hydroxylation sites is 4. The zero-order chi connectivity index (χ0) is 43.2. The van der Waals surface area contributed by atoms with Gasteiger partial charge in [0, 0.05) is 33.2 Å². The quantitative estimate of drug-likeness (QED) is 0.148. The topological polar surface area (TPSA) is 8.17 Å². The van der Waals surface area contributed by atoms with E-state index >= 15 is 0 Å². The van der Waals surface area contributed by atoms with Crippen LogP contribution in [0.4, 0.5) is 17.1 Å². The minimum Gasteiger partial charge on any atom is -0.309 e. The molecule has 1 aromatic heterocycles. The fourth-order valence-electron chi connectivity index (χ4n) is 9.66. The van der Waals surface area contributed by atoms with Gasteiger partial charge >= 0.3 is 0 Å². The molecule has 306 valence electrons. The Morgan fingerprint density at radius 2 is 0.875 bits per heavy atom. The lowest BCUT2D eigenvalue weighted by molar-refractivity contribution is 0.590. The molecule has 0 aliphatic rings. The molecule has 0 bridgehead atoms. The lowest BCUT2D eigenvalue weighted by atomic mass is 9.84. The van der Waals surface area contributed by atoms with Crippen molar-refractivity contribution in [1.29, 1.82) is 0 Å². The molecule has 11 aromatic rings. The molecule has 11 rings (SSSR count). The van der Waals surface area contributed by atoms with Crippen LogP contribution >= 0.6 is 0 Å². The molecule has 0 saturated carbocycles. The van der Waals surface area contributed by atoms with Gasteiger partial charge in [0.05, 0.1) is 28.1 Å². The summed E-state index contributed by atoms with van der Waals surface area (Å²) in [6, 6.07) is 86.7. The first-order valence-electron chi connectivity index (χ1n) is 22.3. The second-order valence-electron chi connectivity index (χ2n) is 17.7. The zero-order valence-electron chi connectivity index (χ0n) is 36.4. The lowest BCUT2D eigenvalue weighted by Gasteiger charge is -2.33. The van der Waals surface area contributed by atoms with Gasteiger partial charge in [-0.15, -0.1) is 0 Å². The maximum atomic E-state index is 2.53. The predicted octanol–water partition coefficient (Wildman–Crippen LogP) is 17.4. The van der Waals surface area contributed by atoms with Crippen molar-refractivity contribution in [1.82, 2.24) is 4.57 Å². The molecule has 0 aliphatic carbocycles. The van der Waals surface area contributed by atoms with Crippen LogP contribution in [-0.2, 0) is 5.41 Å². The summed E-state index contributed by atoms with van der Waals surface area (Å²) in [5, 5.41) is 4.91. The Morgan fingerprint density at radius 1 is 0.344 bits per heavy atom. The molecule has 0 fully saturated rings. The van der Waals surface area contributed by atoms with Crippen LogP contribution in [-0.4, -0.2) is 4.57 Å². The van der Waals surface area contributed by atoms with Gasteiger partial charge in [0.2, 0.25) is 0 Å². The summed E-state index contributed by atoms with van der Waals surface area (Å²) in [7, 11) is 0. The number of hydrogen-bond donors (Lipinski definition) is 0. The third-order valence-corrected chi connectivity index (χ3v) is 12.8. The van der Waals surface area contributed by atoms with Crippen molar-refractivity contribution in [2.75, 3.05) is 4.90 Å². The molecule has 10 aromatic carbocycles. The van der Waals surface area contributed by atoms with Crippen LogP contribution in [0.1, 0.15) is 26.3 Å². The Hall–Kier alpha value is -7.94. The van der Waals surface area contributed by atoms with E-state index in [1.807, 2.05) is 0 Å². The number of anilines is 3. The maximum absolute atomic E-state index is 2.53. The molecule has 0 saturated heterocycles. The smallest absolute Gasteiger partial charge is 0.0541 e. The number of nitrogens with zero attached hydrogens (tertiary/aromatic N) is 2. The molecule has 2 heteroatoms. The van der Waals surface area contributed by atoms with Gasteiger partial charge in [0.15, 0.2) is 0 Å². The van der Waals surface area contributed by atoms with Crippen LogP contribution in [0.3, 0.4) is 0 Å². The van der Waals surface area contributed by atoms with Crippen LogP contribution in [0.15, 0.2) is 237 Å². The highest BCUT2D eigenvalue weighted by molar-refractivity contribution is 6.12. The van der Waals surface area contributed by atoms with E-state index in [4.69, 9.17) is 0 Å². The van der Waals surface area contributed by atoms with E-state index in [9.17, 15) is 0 Å². The van der Waals surface area contributed by atoms with Gasteiger partial charge < -0.3 is 9.47 Å². The first-order valence-corrected chi connectivity index (χ1v) is 22.3. The van der Waals surface area contributed by atoms with Crippen LogP contribution < -0.4 is 4.90 Å². The molecule has 0 spiro atoms. The number of hydrogen-bond acceptors (Lipinski definition) is 1. The summed E-state index contributed by atoms with van der Waals surface area (Å²) in [4.78, 5) is 2.53. The van der Waals surface area contributed by atoms with E-state index in [1.54, 1.807) is 0 Å². The minimum absolute atomic E-state index is 0.0478. The number of benzene rings is 10. The summed E-state index contributed by atoms with van der Waals surface area (Å²) >= 11 is 0. The Balaban J connectivity index is 1.20. The molecule has 0 unspecified atom stereocenters. The van der Waals surface area contributed by atoms with Gasteiger partial charge in [0.25, 0.3) is 0 Å². The molecule has 0 radical (unpaired) electrons. The van der Waals surface area contributed by atoms with E-state index < -0.39 is 0 Å². The van der Waals surface area contributed by atoms with E-state index in [0.29, 0.717) is 0 Å². The second kappa shape index (κ2) is 16.1. The average Bonchev–Trinajstić information content (AvgIpc) is 3.68. The van der Waals surface area contributed by atoms with Crippen molar-refractivity contribution >= 4 is 49.6 Å². The minimum atomic E-state index is -0.0478. The maximum Gasteiger partial charge on any atom is 0.0541 e. The highest BCUT2D eigenvalue weighted by Crippen LogP contribution is 2.50. The number of aromatic nitrogens is 1. The molecule has 1 heterocycles. The molecule has 0 amide bonds. The average molecular weight is 821 g/mol. The van der Waals surface area contributed by atoms with Gasteiger partial charge in [-0.05, 0) is 104 Å². The van der Waals surface area contributed by atoms with E-state index in [-0.39, 0.29) is 5.41 Å². The summed E-state index contributed by atoms with van der Waals surface area (Å²) < 4.78 is 2.39. The first kappa shape index (κ1) is 38.9. The van der Waals surface area contributed by atoms with Crippen molar-refractivity contribution in [3.05, 3.63) is 242 Å². The molecule has 0 atom stereocenters. The van der Waals surface area contributed by atoms with Crippen molar-refractivity contribution in [3.63, 3.8) is 0 Å². The first-order chi connectivity index (χ1) is 31.4. The van der Waals surface area contributed by atoms with Gasteiger partial charge in [-0.25, -0.2) is 0 Å². The Bertz CT molecular complexity index is 3460. The van der Waals surface area contributed by atoms with E-state index in [0.717, 1.165) is 39.4 Å². The van der Waals surface area contributed by atoms with Gasteiger partial charge in [0.1, 0.15) is 0 Å². The fourth-order valence-corrected chi connectivity index (χ4v) is 9.66. The predicted molar refractivity (Wildman–Crippen MR) is 273 cm³/mol. The summed E-state index contributed by atoms with van der Waals surface area (Å²) in [6.45, 7) is 6.90. The largest absolute Gasteiger partial charge is 0.309 e. The van der Waals surface area contributed by atoms with Gasteiger partial charge in [-0.1, -0.05) is 203 Å². The normalized spacial score (nSPS) is 11.7. The number of fused-ring (bicyclic) bond motifs is 4. The summed E-state index contributed by atoms with van der Waals surface area (Å²) in [5.41, 5.74) is 17.5. The Morgan fingerprint density at radius 3 is 1.58 bits per heavy atom. The summed E-state index contributed by atoms with van der Waals surface area (Å²) in [5.74, 6) is 0. The molecule has 0 N–H and O–H groups in total. The highest BCUT2D eigenvalue weighted by Gasteiger charge is 2.26. The lowest BCUT2D eigenvalue weighted by Crippen LogP contribution is -2.16. The fraction of sp³-hybridized carbons (Fsp3) is 0.0645. The standard InChI is InChI=1S/C62H48N2/c1-62(2,3)47-38-40-59(54(42-47)44-23-9-5-10-24-44)64(58-36-18-14-30-51(58)53-33-20-26-45-25-19-32-50(61(45)53)43-21-7-4-8-22-43)56-34-16-13-29-49(56)46-37-39-60-55(41-46)52-31-15-17-35-57(52)63(60)48-27-11-6-12-28-48/h4-42H,1-3H3. The van der Waals surface area contributed by atoms with Crippen LogP contribution in [0.5, 0.6) is 0 Å². The summed E-state index contributed by atoms with van der Waals surface area (Å²) in [6.07, 6.45) is 0. The van der Waals surface area contributed by atoms with Gasteiger partial charge in [-0.3, -0.25) is 0 Å². The van der Waals surface area contributed by atoms with Crippen LogP contribution in [0.25, 0.3) is 82.8 Å². The SMILES string of the molecule is CC(C)(C)c1ccc(N(c2ccccc2-c2ccc3c(c2)c2ccccc2n3-c2ccccc2)c2ccccc2-c2cccc3cccc(-c4ccccc4)c23)c(-c2ccccc2)c1. The third-order valence-electron chi connectivity index (χ3n) is 12.8. The molecule has 0 aliphatic heterocycles. The van der Waals surface area contributed by atoms with Crippen LogP contribution in [0.2, 0.25) is 0 Å².